The number of ether oxygens (including phenoxy) is 1. The molecule has 9 heteroatoms. The maximum atomic E-state index is 13.9. The van der Waals surface area contributed by atoms with E-state index in [0.717, 1.165) is 17.7 Å². The number of hydrogen-bond acceptors (Lipinski definition) is 6. The number of methoxy groups -OCH3 is 1. The third-order valence-corrected chi connectivity index (χ3v) is 5.30. The summed E-state index contributed by atoms with van der Waals surface area (Å²) < 4.78 is 33.0. The molecule has 0 aliphatic heterocycles. The molecule has 0 spiro atoms. The number of benzene rings is 2. The van der Waals surface area contributed by atoms with Gasteiger partial charge in [0.1, 0.15) is 17.1 Å². The van der Waals surface area contributed by atoms with E-state index >= 15 is 0 Å². The molecule has 0 bridgehead atoms. The van der Waals surface area contributed by atoms with Gasteiger partial charge >= 0.3 is 0 Å². The van der Waals surface area contributed by atoms with Gasteiger partial charge in [-0.1, -0.05) is 6.07 Å². The summed E-state index contributed by atoms with van der Waals surface area (Å²) in [5.74, 6) is -0.731. The second kappa shape index (κ2) is 10.2. The number of aromatic nitrogens is 3. The van der Waals surface area contributed by atoms with Gasteiger partial charge in [-0.2, -0.15) is 0 Å². The number of hydrogen-bond donors (Lipinski definition) is 2. The third-order valence-electron chi connectivity index (χ3n) is 5.30. The number of carbonyl (C=O) groups is 1. The number of amides is 1. The summed E-state index contributed by atoms with van der Waals surface area (Å²) in [4.78, 5) is 24.6. The fourth-order valence-corrected chi connectivity index (χ4v) is 3.59. The van der Waals surface area contributed by atoms with Crippen molar-refractivity contribution in [1.82, 2.24) is 15.0 Å². The topological polar surface area (TPSA) is 103 Å². The molecular formula is C25H23F2N5O2. The Morgan fingerprint density at radius 1 is 1.03 bits per heavy atom. The Morgan fingerprint density at radius 2 is 1.88 bits per heavy atom. The second-order valence-corrected chi connectivity index (χ2v) is 7.69. The summed E-state index contributed by atoms with van der Waals surface area (Å²) in [6.45, 7) is 0.545. The van der Waals surface area contributed by atoms with Gasteiger partial charge in [0.25, 0.3) is 0 Å². The molecule has 0 radical (unpaired) electrons. The van der Waals surface area contributed by atoms with Crippen molar-refractivity contribution in [1.29, 1.82) is 0 Å². The van der Waals surface area contributed by atoms with Crippen LogP contribution >= 0.6 is 0 Å². The summed E-state index contributed by atoms with van der Waals surface area (Å²) in [7, 11) is 1.52. The van der Waals surface area contributed by atoms with E-state index in [0.29, 0.717) is 65.2 Å². The summed E-state index contributed by atoms with van der Waals surface area (Å²) in [6, 6.07) is 10.9. The summed E-state index contributed by atoms with van der Waals surface area (Å²) in [5.41, 5.74) is 7.62. The van der Waals surface area contributed by atoms with E-state index in [1.54, 1.807) is 24.5 Å². The number of carbonyl (C=O) groups excluding carboxylic acids is 1. The number of nitrogens with two attached hydrogens (primary N) is 1. The van der Waals surface area contributed by atoms with Crippen molar-refractivity contribution >= 4 is 22.6 Å². The predicted molar refractivity (Wildman–Crippen MR) is 126 cm³/mol. The number of nitrogens with one attached hydrogen (secondary N) is 1. The Labute approximate surface area is 195 Å². The molecule has 0 fully saturated rings. The van der Waals surface area contributed by atoms with Crippen LogP contribution in [0.2, 0.25) is 0 Å². The van der Waals surface area contributed by atoms with Crippen LogP contribution in [0.3, 0.4) is 0 Å². The largest absolute Gasteiger partial charge is 0.494 e. The van der Waals surface area contributed by atoms with Crippen molar-refractivity contribution in [2.75, 3.05) is 19.0 Å². The van der Waals surface area contributed by atoms with E-state index in [1.165, 1.54) is 13.2 Å². The van der Waals surface area contributed by atoms with Crippen LogP contribution in [-0.2, 0) is 4.79 Å². The van der Waals surface area contributed by atoms with Crippen molar-refractivity contribution in [2.45, 2.75) is 19.3 Å². The molecule has 3 N–H and O–H groups in total. The first-order chi connectivity index (χ1) is 16.5. The molecular weight excluding hydrogens is 440 g/mol. The zero-order valence-electron chi connectivity index (χ0n) is 18.5. The first-order valence-electron chi connectivity index (χ1n) is 10.7. The Bertz CT molecular complexity index is 1330. The van der Waals surface area contributed by atoms with Gasteiger partial charge in [-0.15, -0.1) is 0 Å². The SMILES string of the molecule is COc1cc(-c2ccc(F)c(F)c2)cc2c(NCCCCC(N)=O)nc(-c3cccnc3)nc12. The zero-order chi connectivity index (χ0) is 24.1. The molecule has 0 saturated carbocycles. The smallest absolute Gasteiger partial charge is 0.217 e. The number of halogens is 2. The molecule has 0 aliphatic carbocycles. The predicted octanol–water partition coefficient (Wildman–Crippen LogP) is 4.71. The van der Waals surface area contributed by atoms with Gasteiger partial charge in [0.2, 0.25) is 5.91 Å². The number of rotatable bonds is 9. The zero-order valence-corrected chi connectivity index (χ0v) is 18.5. The van der Waals surface area contributed by atoms with Crippen LogP contribution in [0.4, 0.5) is 14.6 Å². The molecule has 0 saturated heterocycles. The molecule has 174 valence electrons. The lowest BCUT2D eigenvalue weighted by Crippen LogP contribution is -2.11. The van der Waals surface area contributed by atoms with Gasteiger partial charge in [0, 0.05) is 36.3 Å². The average molecular weight is 463 g/mol. The quantitative estimate of drug-likeness (QED) is 0.349. The number of primary amides is 1. The van der Waals surface area contributed by atoms with Crippen LogP contribution in [0.25, 0.3) is 33.4 Å². The molecule has 4 aromatic rings. The van der Waals surface area contributed by atoms with Crippen LogP contribution in [0.15, 0.2) is 54.9 Å². The fraction of sp³-hybridized carbons (Fsp3) is 0.200. The number of unbranched alkanes of at least 4 members (excludes halogenated alkanes) is 1. The van der Waals surface area contributed by atoms with Crippen molar-refractivity contribution in [3.05, 3.63) is 66.5 Å². The first-order valence-corrected chi connectivity index (χ1v) is 10.7. The summed E-state index contributed by atoms with van der Waals surface area (Å²) >= 11 is 0. The highest BCUT2D eigenvalue weighted by Crippen LogP contribution is 2.36. The minimum Gasteiger partial charge on any atom is -0.494 e. The van der Waals surface area contributed by atoms with Gasteiger partial charge in [0.15, 0.2) is 17.5 Å². The standard InChI is InChI=1S/C25H23F2N5O2/c1-34-21-13-17(15-7-8-19(26)20(27)12-15)11-18-23(21)31-24(16-5-4-9-29-14-16)32-25(18)30-10-3-2-6-22(28)33/h4-5,7-9,11-14H,2-3,6,10H2,1H3,(H2,28,33)(H,30,31,32). The van der Waals surface area contributed by atoms with Gasteiger partial charge in [-0.05, 0) is 60.4 Å². The summed E-state index contributed by atoms with van der Waals surface area (Å²) in [6.07, 6.45) is 4.99. The Morgan fingerprint density at radius 3 is 2.59 bits per heavy atom. The van der Waals surface area contributed by atoms with Crippen LogP contribution in [-0.4, -0.2) is 34.5 Å². The highest BCUT2D eigenvalue weighted by Gasteiger charge is 2.16. The molecule has 2 aromatic carbocycles. The maximum absolute atomic E-state index is 13.9. The van der Waals surface area contributed by atoms with Crippen LogP contribution < -0.4 is 15.8 Å². The van der Waals surface area contributed by atoms with Crippen molar-refractivity contribution in [2.24, 2.45) is 5.73 Å². The monoisotopic (exact) mass is 463 g/mol. The van der Waals surface area contributed by atoms with Crippen LogP contribution in [0, 0.1) is 11.6 Å². The molecule has 4 rings (SSSR count). The molecule has 0 unspecified atom stereocenters. The van der Waals surface area contributed by atoms with E-state index in [1.807, 2.05) is 12.1 Å². The second-order valence-electron chi connectivity index (χ2n) is 7.69. The third kappa shape index (κ3) is 5.09. The lowest BCUT2D eigenvalue weighted by Gasteiger charge is -2.15. The number of anilines is 1. The van der Waals surface area contributed by atoms with E-state index < -0.39 is 11.6 Å². The lowest BCUT2D eigenvalue weighted by atomic mass is 10.0. The Balaban J connectivity index is 1.81. The number of nitrogens with zero attached hydrogens (tertiary/aromatic N) is 3. The molecule has 7 nitrogen and oxygen atoms in total. The van der Waals surface area contributed by atoms with Gasteiger partial charge in [-0.25, -0.2) is 18.7 Å². The number of fused-ring (bicyclic) bond motifs is 1. The number of pyridine rings is 1. The van der Waals surface area contributed by atoms with Crippen molar-refractivity contribution < 1.29 is 18.3 Å². The summed E-state index contributed by atoms with van der Waals surface area (Å²) in [5, 5.41) is 3.96. The lowest BCUT2D eigenvalue weighted by molar-refractivity contribution is -0.118. The van der Waals surface area contributed by atoms with E-state index in [-0.39, 0.29) is 5.91 Å². The molecule has 0 aliphatic rings. The molecule has 2 aromatic heterocycles. The average Bonchev–Trinajstić information content (AvgIpc) is 2.85. The van der Waals surface area contributed by atoms with Gasteiger partial charge in [-0.3, -0.25) is 9.78 Å². The van der Waals surface area contributed by atoms with E-state index in [4.69, 9.17) is 20.4 Å². The van der Waals surface area contributed by atoms with Gasteiger partial charge in [0.05, 0.1) is 7.11 Å². The highest BCUT2D eigenvalue weighted by molar-refractivity contribution is 5.97. The Hall–Kier alpha value is -4.14. The highest BCUT2D eigenvalue weighted by atomic mass is 19.2. The van der Waals surface area contributed by atoms with Crippen LogP contribution in [0.5, 0.6) is 5.75 Å². The van der Waals surface area contributed by atoms with E-state index in [9.17, 15) is 13.6 Å². The minimum atomic E-state index is -0.937. The molecule has 1 amide bonds. The Kier molecular flexibility index (Phi) is 6.91. The van der Waals surface area contributed by atoms with Crippen molar-refractivity contribution in [3.8, 4) is 28.3 Å². The first kappa shape index (κ1) is 23.0. The fourth-order valence-electron chi connectivity index (χ4n) is 3.59. The maximum Gasteiger partial charge on any atom is 0.217 e. The molecule has 2 heterocycles. The minimum absolute atomic E-state index is 0.307. The van der Waals surface area contributed by atoms with E-state index in [2.05, 4.69) is 10.3 Å². The molecule has 0 atom stereocenters. The normalized spacial score (nSPS) is 10.9. The van der Waals surface area contributed by atoms with Crippen molar-refractivity contribution in [3.63, 3.8) is 0 Å². The van der Waals surface area contributed by atoms with Gasteiger partial charge < -0.3 is 15.8 Å². The van der Waals surface area contributed by atoms with Crippen LogP contribution in [0.1, 0.15) is 19.3 Å². The molecule has 34 heavy (non-hydrogen) atoms.